The van der Waals surface area contributed by atoms with E-state index in [4.69, 9.17) is 4.74 Å². The molecule has 0 N–H and O–H groups in total. The molecule has 0 aromatic rings. The third-order valence-corrected chi connectivity index (χ3v) is 3.46. The van der Waals surface area contributed by atoms with Gasteiger partial charge < -0.3 is 4.74 Å². The van der Waals surface area contributed by atoms with Crippen molar-refractivity contribution in [2.24, 2.45) is 5.92 Å². The van der Waals surface area contributed by atoms with Gasteiger partial charge in [-0.1, -0.05) is 31.9 Å². The summed E-state index contributed by atoms with van der Waals surface area (Å²) in [6, 6.07) is 0. The Morgan fingerprint density at radius 1 is 1.56 bits per heavy atom. The van der Waals surface area contributed by atoms with Crippen molar-refractivity contribution >= 4 is 31.9 Å². The molecule has 3 heteroatoms. The summed E-state index contributed by atoms with van der Waals surface area (Å²) in [4.78, 5) is 0.561. The van der Waals surface area contributed by atoms with Crippen LogP contribution in [0.5, 0.6) is 0 Å². The Balaban J connectivity index is 2.30. The van der Waals surface area contributed by atoms with Crippen molar-refractivity contribution in [3.63, 3.8) is 0 Å². The molecular formula is C6H10Br2O. The van der Waals surface area contributed by atoms with E-state index >= 15 is 0 Å². The van der Waals surface area contributed by atoms with E-state index in [1.54, 1.807) is 0 Å². The predicted molar refractivity (Wildman–Crippen MR) is 45.4 cm³/mol. The Morgan fingerprint density at radius 3 is 2.78 bits per heavy atom. The van der Waals surface area contributed by atoms with Gasteiger partial charge in [0.25, 0.3) is 0 Å². The zero-order valence-electron chi connectivity index (χ0n) is 5.15. The molecular weight excluding hydrogens is 248 g/mol. The highest BCUT2D eigenvalue weighted by atomic mass is 79.9. The molecule has 9 heavy (non-hydrogen) atoms. The van der Waals surface area contributed by atoms with Gasteiger partial charge in [0.2, 0.25) is 0 Å². The van der Waals surface area contributed by atoms with E-state index in [1.807, 2.05) is 0 Å². The van der Waals surface area contributed by atoms with Gasteiger partial charge in [-0.05, 0) is 12.3 Å². The third-order valence-electron chi connectivity index (χ3n) is 1.62. The number of ether oxygens (including phenoxy) is 1. The Labute approximate surface area is 72.4 Å². The molecule has 0 spiro atoms. The second-order valence-electron chi connectivity index (χ2n) is 2.29. The molecule has 0 bridgehead atoms. The van der Waals surface area contributed by atoms with Gasteiger partial charge in [-0.15, -0.1) is 0 Å². The average molecular weight is 258 g/mol. The van der Waals surface area contributed by atoms with Crippen LogP contribution >= 0.6 is 31.9 Å². The fraction of sp³-hybridized carbons (Fsp3) is 1.00. The summed E-state index contributed by atoms with van der Waals surface area (Å²) in [5.74, 6) is 0.763. The molecule has 1 aliphatic rings. The standard InChI is InChI=1S/C6H10Br2O/c7-3-5-1-2-9-4-6(5)8/h5-6H,1-4H2. The number of rotatable bonds is 1. The van der Waals surface area contributed by atoms with Gasteiger partial charge in [0.05, 0.1) is 6.61 Å². The van der Waals surface area contributed by atoms with Crippen LogP contribution in [0.1, 0.15) is 6.42 Å². The van der Waals surface area contributed by atoms with Crippen LogP contribution in [0.2, 0.25) is 0 Å². The largest absolute Gasteiger partial charge is 0.380 e. The van der Waals surface area contributed by atoms with Crippen LogP contribution in [0.3, 0.4) is 0 Å². The lowest BCUT2D eigenvalue weighted by Gasteiger charge is -2.25. The first kappa shape index (κ1) is 8.02. The third kappa shape index (κ3) is 2.20. The minimum absolute atomic E-state index is 0.561. The van der Waals surface area contributed by atoms with Crippen LogP contribution < -0.4 is 0 Å². The lowest BCUT2D eigenvalue weighted by Crippen LogP contribution is -2.28. The summed E-state index contributed by atoms with van der Waals surface area (Å²) >= 11 is 7.03. The van der Waals surface area contributed by atoms with Crippen molar-refractivity contribution in [3.8, 4) is 0 Å². The summed E-state index contributed by atoms with van der Waals surface area (Å²) in [5.41, 5.74) is 0. The van der Waals surface area contributed by atoms with Crippen LogP contribution in [-0.2, 0) is 4.74 Å². The normalized spacial score (nSPS) is 36.7. The Hall–Kier alpha value is 0.920. The van der Waals surface area contributed by atoms with Crippen LogP contribution in [-0.4, -0.2) is 23.4 Å². The first-order valence-electron chi connectivity index (χ1n) is 3.12. The molecule has 1 rings (SSSR count). The van der Waals surface area contributed by atoms with Crippen LogP contribution in [0.25, 0.3) is 0 Å². The molecule has 0 radical (unpaired) electrons. The molecule has 1 aliphatic heterocycles. The molecule has 1 saturated heterocycles. The summed E-state index contributed by atoms with van der Waals surface area (Å²) < 4.78 is 5.25. The summed E-state index contributed by atoms with van der Waals surface area (Å²) in [5, 5.41) is 1.09. The maximum Gasteiger partial charge on any atom is 0.0594 e. The SMILES string of the molecule is BrCC1CCOCC1Br. The first-order chi connectivity index (χ1) is 4.34. The molecule has 0 aromatic heterocycles. The highest BCUT2D eigenvalue weighted by Crippen LogP contribution is 2.23. The van der Waals surface area contributed by atoms with Gasteiger partial charge in [-0.3, -0.25) is 0 Å². The zero-order valence-corrected chi connectivity index (χ0v) is 8.32. The first-order valence-corrected chi connectivity index (χ1v) is 5.16. The maximum atomic E-state index is 5.25. The molecule has 54 valence electrons. The van der Waals surface area contributed by atoms with Crippen LogP contribution in [0.4, 0.5) is 0 Å². The number of hydrogen-bond donors (Lipinski definition) is 0. The fourth-order valence-electron chi connectivity index (χ4n) is 0.921. The zero-order chi connectivity index (χ0) is 6.69. The highest BCUT2D eigenvalue weighted by Gasteiger charge is 2.21. The van der Waals surface area contributed by atoms with Crippen molar-refractivity contribution in [2.45, 2.75) is 11.2 Å². The Morgan fingerprint density at radius 2 is 2.33 bits per heavy atom. The summed E-state index contributed by atoms with van der Waals surface area (Å²) in [6.45, 7) is 1.80. The molecule has 0 aliphatic carbocycles. The van der Waals surface area contributed by atoms with Crippen molar-refractivity contribution in [1.82, 2.24) is 0 Å². The Bertz CT molecular complexity index is 87.1. The minimum Gasteiger partial charge on any atom is -0.380 e. The van der Waals surface area contributed by atoms with Crippen LogP contribution in [0.15, 0.2) is 0 Å². The topological polar surface area (TPSA) is 9.23 Å². The van der Waals surface area contributed by atoms with Crippen molar-refractivity contribution in [1.29, 1.82) is 0 Å². The van der Waals surface area contributed by atoms with Crippen LogP contribution in [0, 0.1) is 5.92 Å². The predicted octanol–water partition coefficient (Wildman–Crippen LogP) is 2.18. The minimum atomic E-state index is 0.561. The van der Waals surface area contributed by atoms with E-state index in [1.165, 1.54) is 6.42 Å². The van der Waals surface area contributed by atoms with E-state index in [-0.39, 0.29) is 0 Å². The van der Waals surface area contributed by atoms with Gasteiger partial charge in [0, 0.05) is 16.8 Å². The van der Waals surface area contributed by atoms with Crippen molar-refractivity contribution in [2.75, 3.05) is 18.5 Å². The monoisotopic (exact) mass is 256 g/mol. The molecule has 0 aromatic carbocycles. The average Bonchev–Trinajstić information content (AvgIpc) is 1.89. The van der Waals surface area contributed by atoms with E-state index in [0.29, 0.717) is 4.83 Å². The van der Waals surface area contributed by atoms with Gasteiger partial charge in [0.15, 0.2) is 0 Å². The van der Waals surface area contributed by atoms with Gasteiger partial charge in [-0.2, -0.15) is 0 Å². The van der Waals surface area contributed by atoms with Gasteiger partial charge in [0.1, 0.15) is 0 Å². The number of alkyl halides is 2. The second-order valence-corrected chi connectivity index (χ2v) is 4.12. The molecule has 0 amide bonds. The molecule has 1 heterocycles. The molecule has 1 fully saturated rings. The second kappa shape index (κ2) is 3.94. The smallest absolute Gasteiger partial charge is 0.0594 e. The van der Waals surface area contributed by atoms with E-state index in [9.17, 15) is 0 Å². The maximum absolute atomic E-state index is 5.25. The van der Waals surface area contributed by atoms with Crippen molar-refractivity contribution in [3.05, 3.63) is 0 Å². The fourth-order valence-corrected chi connectivity index (χ4v) is 2.84. The summed E-state index contributed by atoms with van der Waals surface area (Å²) in [6.07, 6.45) is 1.18. The lowest BCUT2D eigenvalue weighted by molar-refractivity contribution is 0.0803. The van der Waals surface area contributed by atoms with E-state index < -0.39 is 0 Å². The molecule has 2 unspecified atom stereocenters. The molecule has 2 atom stereocenters. The quantitative estimate of drug-likeness (QED) is 0.655. The Kier molecular flexibility index (Phi) is 3.51. The highest BCUT2D eigenvalue weighted by molar-refractivity contribution is 9.10. The summed E-state index contributed by atoms with van der Waals surface area (Å²) in [7, 11) is 0. The van der Waals surface area contributed by atoms with Crippen molar-refractivity contribution < 1.29 is 4.74 Å². The molecule has 0 saturated carbocycles. The number of hydrogen-bond acceptors (Lipinski definition) is 1. The van der Waals surface area contributed by atoms with E-state index in [2.05, 4.69) is 31.9 Å². The molecule has 1 nitrogen and oxygen atoms in total. The van der Waals surface area contributed by atoms with E-state index in [0.717, 1.165) is 24.5 Å². The van der Waals surface area contributed by atoms with Gasteiger partial charge >= 0.3 is 0 Å². The number of halogens is 2. The van der Waals surface area contributed by atoms with Gasteiger partial charge in [-0.25, -0.2) is 0 Å². The lowest BCUT2D eigenvalue weighted by atomic mass is 10.0.